The van der Waals surface area contributed by atoms with Crippen molar-refractivity contribution in [2.75, 3.05) is 12.0 Å². The predicted octanol–water partition coefficient (Wildman–Crippen LogP) is 3.32. The molecule has 132 valence electrons. The second-order valence-electron chi connectivity index (χ2n) is 5.68. The number of nitrogens with one attached hydrogen (secondary N) is 1. The maximum absolute atomic E-state index is 12.8. The number of carbonyl (C=O) groups is 3. The summed E-state index contributed by atoms with van der Waals surface area (Å²) in [5, 5.41) is 2.60. The van der Waals surface area contributed by atoms with Crippen LogP contribution in [0.15, 0.2) is 48.0 Å². The molecule has 2 aromatic rings. The normalized spacial score (nSPS) is 16.0. The molecule has 2 aromatic carbocycles. The highest BCUT2D eigenvalue weighted by Crippen LogP contribution is 2.27. The van der Waals surface area contributed by atoms with Crippen LogP contribution in [0.3, 0.4) is 0 Å². The molecule has 1 saturated heterocycles. The minimum absolute atomic E-state index is 0.189. The van der Waals surface area contributed by atoms with Crippen molar-refractivity contribution in [2.45, 2.75) is 6.92 Å². The first kappa shape index (κ1) is 17.7. The molecule has 7 heteroatoms. The highest BCUT2D eigenvalue weighted by Gasteiger charge is 2.36. The molecule has 1 N–H and O–H groups in total. The molecule has 0 spiro atoms. The van der Waals surface area contributed by atoms with Crippen LogP contribution in [0, 0.1) is 6.92 Å². The molecule has 3 rings (SSSR count). The van der Waals surface area contributed by atoms with Crippen molar-refractivity contribution in [3.05, 3.63) is 64.2 Å². The van der Waals surface area contributed by atoms with E-state index in [0.29, 0.717) is 22.0 Å². The fourth-order valence-corrected chi connectivity index (χ4v) is 2.74. The van der Waals surface area contributed by atoms with Gasteiger partial charge in [-0.05, 0) is 43.3 Å². The van der Waals surface area contributed by atoms with Gasteiger partial charge in [-0.2, -0.15) is 0 Å². The van der Waals surface area contributed by atoms with Gasteiger partial charge in [0.2, 0.25) is 0 Å². The minimum atomic E-state index is -0.793. The molecule has 26 heavy (non-hydrogen) atoms. The van der Waals surface area contributed by atoms with Crippen molar-refractivity contribution in [3.8, 4) is 5.75 Å². The molecule has 4 amide bonds. The van der Waals surface area contributed by atoms with Gasteiger partial charge in [0.25, 0.3) is 11.8 Å². The molecule has 0 bridgehead atoms. The molecule has 0 aromatic heterocycles. The molecule has 0 atom stereocenters. The Morgan fingerprint density at radius 2 is 1.77 bits per heavy atom. The zero-order valence-corrected chi connectivity index (χ0v) is 14.8. The lowest BCUT2D eigenvalue weighted by atomic mass is 10.1. The molecule has 1 heterocycles. The number of barbiturate groups is 1. The average molecular weight is 371 g/mol. The summed E-state index contributed by atoms with van der Waals surface area (Å²) in [5.74, 6) is -1.05. The van der Waals surface area contributed by atoms with Gasteiger partial charge in [-0.3, -0.25) is 14.9 Å². The van der Waals surface area contributed by atoms with Gasteiger partial charge in [0.05, 0.1) is 12.8 Å². The number of hydrogen-bond acceptors (Lipinski definition) is 4. The zero-order chi connectivity index (χ0) is 18.8. The number of methoxy groups -OCH3 is 1. The second-order valence-corrected chi connectivity index (χ2v) is 6.12. The number of ether oxygens (including phenoxy) is 1. The largest absolute Gasteiger partial charge is 0.496 e. The number of urea groups is 1. The van der Waals surface area contributed by atoms with Crippen molar-refractivity contribution in [2.24, 2.45) is 0 Å². The number of benzene rings is 2. The Balaban J connectivity index is 2.06. The number of imide groups is 2. The molecular formula is C19H15ClN2O4. The Labute approximate surface area is 155 Å². The van der Waals surface area contributed by atoms with Gasteiger partial charge in [-0.1, -0.05) is 29.3 Å². The van der Waals surface area contributed by atoms with E-state index in [2.05, 4.69) is 5.32 Å². The van der Waals surface area contributed by atoms with Gasteiger partial charge in [-0.25, -0.2) is 9.69 Å². The van der Waals surface area contributed by atoms with E-state index in [1.807, 2.05) is 6.92 Å². The van der Waals surface area contributed by atoms with Crippen molar-refractivity contribution in [1.82, 2.24) is 5.32 Å². The fourth-order valence-electron chi connectivity index (χ4n) is 2.56. The third-order valence-corrected chi connectivity index (χ3v) is 4.12. The maximum Gasteiger partial charge on any atom is 0.335 e. The lowest BCUT2D eigenvalue weighted by molar-refractivity contribution is -0.122. The monoisotopic (exact) mass is 370 g/mol. The summed E-state index contributed by atoms with van der Waals surface area (Å²) in [6.07, 6.45) is 1.36. The number of rotatable bonds is 3. The maximum atomic E-state index is 12.8. The van der Waals surface area contributed by atoms with Crippen LogP contribution in [0.2, 0.25) is 5.02 Å². The number of anilines is 1. The van der Waals surface area contributed by atoms with E-state index >= 15 is 0 Å². The molecule has 0 aliphatic carbocycles. The summed E-state index contributed by atoms with van der Waals surface area (Å²) in [6, 6.07) is 10.9. The summed E-state index contributed by atoms with van der Waals surface area (Å²) < 4.78 is 5.23. The molecule has 1 fully saturated rings. The van der Waals surface area contributed by atoms with Gasteiger partial charge in [0, 0.05) is 10.6 Å². The van der Waals surface area contributed by atoms with Crippen LogP contribution in [0.1, 0.15) is 11.1 Å². The van der Waals surface area contributed by atoms with E-state index in [0.717, 1.165) is 10.5 Å². The third-order valence-electron chi connectivity index (χ3n) is 3.89. The summed E-state index contributed by atoms with van der Waals surface area (Å²) in [5.41, 5.74) is 1.62. The summed E-state index contributed by atoms with van der Waals surface area (Å²) >= 11 is 5.99. The topological polar surface area (TPSA) is 75.7 Å². The number of nitrogens with zero attached hydrogens (tertiary/aromatic N) is 1. The molecule has 1 aliphatic rings. The lowest BCUT2D eigenvalue weighted by Gasteiger charge is -2.26. The molecule has 0 unspecified atom stereocenters. The molecule has 0 radical (unpaired) electrons. The van der Waals surface area contributed by atoms with Crippen molar-refractivity contribution < 1.29 is 19.1 Å². The summed E-state index contributed by atoms with van der Waals surface area (Å²) in [7, 11) is 1.47. The van der Waals surface area contributed by atoms with E-state index in [4.69, 9.17) is 16.3 Å². The second kappa shape index (κ2) is 7.01. The van der Waals surface area contributed by atoms with Gasteiger partial charge >= 0.3 is 6.03 Å². The third kappa shape index (κ3) is 3.32. The molecule has 6 nitrogen and oxygen atoms in total. The van der Waals surface area contributed by atoms with E-state index in [1.165, 1.54) is 13.2 Å². The summed E-state index contributed by atoms with van der Waals surface area (Å²) in [6.45, 7) is 1.89. The minimum Gasteiger partial charge on any atom is -0.496 e. The van der Waals surface area contributed by atoms with E-state index in [1.54, 1.807) is 42.5 Å². The predicted molar refractivity (Wildman–Crippen MR) is 98.2 cm³/mol. The first-order chi connectivity index (χ1) is 12.4. The van der Waals surface area contributed by atoms with Crippen LogP contribution < -0.4 is 15.0 Å². The van der Waals surface area contributed by atoms with Crippen molar-refractivity contribution in [3.63, 3.8) is 0 Å². The quantitative estimate of drug-likeness (QED) is 0.664. The van der Waals surface area contributed by atoms with Crippen molar-refractivity contribution in [1.29, 1.82) is 0 Å². The number of halogens is 1. The van der Waals surface area contributed by atoms with E-state index in [-0.39, 0.29) is 5.57 Å². The van der Waals surface area contributed by atoms with Crippen LogP contribution in [0.5, 0.6) is 5.75 Å². The highest BCUT2D eigenvalue weighted by atomic mass is 35.5. The zero-order valence-electron chi connectivity index (χ0n) is 14.1. The number of aryl methyl sites for hydroxylation is 1. The standard InChI is InChI=1S/C19H15ClN2O4/c1-11-3-6-14(7-4-11)22-18(24)15(17(23)21-19(22)25)10-12-9-13(20)5-8-16(12)26-2/h3-10H,1-2H3,(H,21,23,25). The first-order valence-electron chi connectivity index (χ1n) is 7.72. The molecule has 0 saturated carbocycles. The lowest BCUT2D eigenvalue weighted by Crippen LogP contribution is -2.54. The average Bonchev–Trinajstić information content (AvgIpc) is 2.60. The SMILES string of the molecule is COc1ccc(Cl)cc1C=C1C(=O)NC(=O)N(c2ccc(C)cc2)C1=O. The van der Waals surface area contributed by atoms with Gasteiger partial charge < -0.3 is 4.74 Å². The number of amides is 4. The van der Waals surface area contributed by atoms with Crippen LogP contribution in [0.4, 0.5) is 10.5 Å². The van der Waals surface area contributed by atoms with Crippen LogP contribution in [0.25, 0.3) is 6.08 Å². The first-order valence-corrected chi connectivity index (χ1v) is 8.10. The Morgan fingerprint density at radius 1 is 1.08 bits per heavy atom. The van der Waals surface area contributed by atoms with Gasteiger partial charge in [0.15, 0.2) is 0 Å². The Kier molecular flexibility index (Phi) is 4.77. The Hall–Kier alpha value is -3.12. The highest BCUT2D eigenvalue weighted by molar-refractivity contribution is 6.39. The van der Waals surface area contributed by atoms with Crippen LogP contribution >= 0.6 is 11.6 Å². The Bertz CT molecular complexity index is 935. The number of hydrogen-bond donors (Lipinski definition) is 1. The smallest absolute Gasteiger partial charge is 0.335 e. The van der Waals surface area contributed by atoms with E-state index < -0.39 is 17.8 Å². The fraction of sp³-hybridized carbons (Fsp3) is 0.105. The molecular weight excluding hydrogens is 356 g/mol. The van der Waals surface area contributed by atoms with Crippen LogP contribution in [-0.2, 0) is 9.59 Å². The van der Waals surface area contributed by atoms with Gasteiger partial charge in [-0.15, -0.1) is 0 Å². The van der Waals surface area contributed by atoms with Gasteiger partial charge in [0.1, 0.15) is 11.3 Å². The Morgan fingerprint density at radius 3 is 2.42 bits per heavy atom. The van der Waals surface area contributed by atoms with Crippen molar-refractivity contribution >= 4 is 41.2 Å². The van der Waals surface area contributed by atoms with Crippen LogP contribution in [-0.4, -0.2) is 25.0 Å². The van der Waals surface area contributed by atoms with E-state index in [9.17, 15) is 14.4 Å². The summed E-state index contributed by atoms with van der Waals surface area (Å²) in [4.78, 5) is 38.1. The number of carbonyl (C=O) groups excluding carboxylic acids is 3. The molecule has 1 aliphatic heterocycles.